The zero-order valence-electron chi connectivity index (χ0n) is 11.8. The van der Waals surface area contributed by atoms with E-state index in [4.69, 9.17) is 0 Å². The zero-order valence-corrected chi connectivity index (χ0v) is 12.7. The molecule has 0 spiro atoms. The van der Waals surface area contributed by atoms with Crippen molar-refractivity contribution >= 4 is 22.8 Å². The lowest BCUT2D eigenvalue weighted by atomic mass is 10.2. The number of para-hydroxylation sites is 2. The average molecular weight is 275 g/mol. The molecule has 0 saturated heterocycles. The van der Waals surface area contributed by atoms with Crippen molar-refractivity contribution in [2.24, 2.45) is 0 Å². The van der Waals surface area contributed by atoms with Crippen molar-refractivity contribution in [1.82, 2.24) is 14.9 Å². The molecule has 0 aliphatic carbocycles. The van der Waals surface area contributed by atoms with E-state index in [0.717, 1.165) is 29.0 Å². The van der Waals surface area contributed by atoms with Gasteiger partial charge < -0.3 is 0 Å². The smallest absolute Gasteiger partial charge is 0.0890 e. The van der Waals surface area contributed by atoms with Crippen LogP contribution >= 0.6 is 11.8 Å². The van der Waals surface area contributed by atoms with E-state index in [2.05, 4.69) is 35.8 Å². The number of rotatable bonds is 6. The third-order valence-corrected chi connectivity index (χ3v) is 4.35. The molecule has 0 amide bonds. The van der Waals surface area contributed by atoms with E-state index >= 15 is 0 Å². The molecule has 1 aromatic carbocycles. The van der Waals surface area contributed by atoms with Crippen molar-refractivity contribution in [2.75, 3.05) is 18.6 Å². The van der Waals surface area contributed by atoms with E-state index in [1.165, 1.54) is 5.75 Å². The first-order valence-corrected chi connectivity index (χ1v) is 7.84. The van der Waals surface area contributed by atoms with Crippen LogP contribution in [0, 0.1) is 0 Å². The molecule has 1 aromatic heterocycles. The summed E-state index contributed by atoms with van der Waals surface area (Å²) in [7, 11) is 2.15. The van der Waals surface area contributed by atoms with E-state index in [9.17, 15) is 0 Å². The summed E-state index contributed by atoms with van der Waals surface area (Å²) in [6.07, 6.45) is 1.89. The summed E-state index contributed by atoms with van der Waals surface area (Å²) in [5.41, 5.74) is 2.97. The van der Waals surface area contributed by atoms with Gasteiger partial charge in [0.25, 0.3) is 0 Å². The number of aromatic nitrogens is 2. The van der Waals surface area contributed by atoms with E-state index < -0.39 is 0 Å². The third kappa shape index (κ3) is 3.91. The lowest BCUT2D eigenvalue weighted by molar-refractivity contribution is 0.266. The highest BCUT2D eigenvalue weighted by molar-refractivity contribution is 7.99. The quantitative estimate of drug-likeness (QED) is 0.809. The molecule has 4 heteroatoms. The largest absolute Gasteiger partial charge is 0.297 e. The summed E-state index contributed by atoms with van der Waals surface area (Å²) in [6, 6.07) is 8.56. The van der Waals surface area contributed by atoms with Gasteiger partial charge in [-0.1, -0.05) is 19.1 Å². The summed E-state index contributed by atoms with van der Waals surface area (Å²) in [4.78, 5) is 11.5. The van der Waals surface area contributed by atoms with Gasteiger partial charge in [-0.2, -0.15) is 11.8 Å². The van der Waals surface area contributed by atoms with Crippen LogP contribution in [0.5, 0.6) is 0 Å². The van der Waals surface area contributed by atoms with Gasteiger partial charge in [-0.3, -0.25) is 9.88 Å². The molecule has 0 aliphatic heterocycles. The van der Waals surface area contributed by atoms with Crippen LogP contribution in [0.4, 0.5) is 0 Å². The normalized spacial score (nSPS) is 13.1. The standard InChI is InChI=1S/C15H21N3S/c1-4-19-11-12(2)18(3)10-13-9-16-14-7-5-6-8-15(14)17-13/h5-9,12H,4,10-11H2,1-3H3. The minimum atomic E-state index is 0.554. The van der Waals surface area contributed by atoms with E-state index in [1.807, 2.05) is 42.2 Å². The van der Waals surface area contributed by atoms with Gasteiger partial charge in [-0.05, 0) is 31.9 Å². The first-order chi connectivity index (χ1) is 9.20. The Morgan fingerprint density at radius 1 is 1.26 bits per heavy atom. The van der Waals surface area contributed by atoms with Crippen LogP contribution in [0.2, 0.25) is 0 Å². The molecule has 19 heavy (non-hydrogen) atoms. The van der Waals surface area contributed by atoms with Gasteiger partial charge in [0.05, 0.1) is 22.9 Å². The first kappa shape index (κ1) is 14.3. The molecule has 0 fully saturated rings. The maximum absolute atomic E-state index is 4.67. The molecule has 0 radical (unpaired) electrons. The third-order valence-electron chi connectivity index (χ3n) is 3.23. The number of fused-ring (bicyclic) bond motifs is 1. The van der Waals surface area contributed by atoms with Crippen molar-refractivity contribution in [2.45, 2.75) is 26.4 Å². The summed E-state index contributed by atoms with van der Waals surface area (Å²) in [5, 5.41) is 0. The fourth-order valence-corrected chi connectivity index (χ4v) is 2.73. The molecule has 2 aromatic rings. The molecule has 1 heterocycles. The molecular formula is C15H21N3S. The lowest BCUT2D eigenvalue weighted by Crippen LogP contribution is -2.31. The average Bonchev–Trinajstić information content (AvgIpc) is 2.44. The van der Waals surface area contributed by atoms with Gasteiger partial charge in [0, 0.05) is 18.3 Å². The van der Waals surface area contributed by atoms with Gasteiger partial charge in [0.1, 0.15) is 0 Å². The van der Waals surface area contributed by atoms with Crippen LogP contribution in [-0.4, -0.2) is 39.5 Å². The van der Waals surface area contributed by atoms with Gasteiger partial charge in [-0.15, -0.1) is 0 Å². The number of benzene rings is 1. The Hall–Kier alpha value is -1.13. The van der Waals surface area contributed by atoms with Gasteiger partial charge in [0.15, 0.2) is 0 Å². The van der Waals surface area contributed by atoms with Crippen molar-refractivity contribution in [3.8, 4) is 0 Å². The number of hydrogen-bond acceptors (Lipinski definition) is 4. The van der Waals surface area contributed by atoms with E-state index in [1.54, 1.807) is 0 Å². The highest BCUT2D eigenvalue weighted by Gasteiger charge is 2.10. The van der Waals surface area contributed by atoms with Crippen LogP contribution in [0.3, 0.4) is 0 Å². The molecule has 1 unspecified atom stereocenters. The van der Waals surface area contributed by atoms with Gasteiger partial charge in [0.2, 0.25) is 0 Å². The fourth-order valence-electron chi connectivity index (χ4n) is 1.90. The molecule has 0 N–H and O–H groups in total. The summed E-state index contributed by atoms with van der Waals surface area (Å²) in [5.74, 6) is 2.34. The molecular weight excluding hydrogens is 254 g/mol. The van der Waals surface area contributed by atoms with E-state index in [-0.39, 0.29) is 0 Å². The van der Waals surface area contributed by atoms with E-state index in [0.29, 0.717) is 6.04 Å². The van der Waals surface area contributed by atoms with Crippen molar-refractivity contribution in [3.05, 3.63) is 36.2 Å². The lowest BCUT2D eigenvalue weighted by Gasteiger charge is -2.23. The fraction of sp³-hybridized carbons (Fsp3) is 0.467. The molecule has 2 rings (SSSR count). The minimum Gasteiger partial charge on any atom is -0.297 e. The number of hydrogen-bond donors (Lipinski definition) is 0. The van der Waals surface area contributed by atoms with Crippen LogP contribution in [0.1, 0.15) is 19.5 Å². The Labute approximate surface area is 119 Å². The second kappa shape index (κ2) is 6.87. The van der Waals surface area contributed by atoms with Crippen LogP contribution in [0.25, 0.3) is 11.0 Å². The number of thioether (sulfide) groups is 1. The molecule has 0 aliphatic rings. The summed E-state index contributed by atoms with van der Waals surface area (Å²) in [6.45, 7) is 5.31. The minimum absolute atomic E-state index is 0.554. The molecule has 102 valence electrons. The molecule has 3 nitrogen and oxygen atoms in total. The predicted octanol–water partition coefficient (Wildman–Crippen LogP) is 3.20. The summed E-state index contributed by atoms with van der Waals surface area (Å²) >= 11 is 1.98. The van der Waals surface area contributed by atoms with Crippen molar-refractivity contribution in [1.29, 1.82) is 0 Å². The van der Waals surface area contributed by atoms with Crippen molar-refractivity contribution in [3.63, 3.8) is 0 Å². The Morgan fingerprint density at radius 2 is 2.00 bits per heavy atom. The molecule has 0 bridgehead atoms. The second-order valence-electron chi connectivity index (χ2n) is 4.77. The molecule has 1 atom stereocenters. The Balaban J connectivity index is 2.04. The Kier molecular flexibility index (Phi) is 5.16. The zero-order chi connectivity index (χ0) is 13.7. The predicted molar refractivity (Wildman–Crippen MR) is 83.5 cm³/mol. The second-order valence-corrected chi connectivity index (χ2v) is 6.09. The van der Waals surface area contributed by atoms with Crippen molar-refractivity contribution < 1.29 is 0 Å². The SMILES string of the molecule is CCSCC(C)N(C)Cc1cnc2ccccc2n1. The topological polar surface area (TPSA) is 29.0 Å². The monoisotopic (exact) mass is 275 g/mol. The van der Waals surface area contributed by atoms with Crippen LogP contribution < -0.4 is 0 Å². The van der Waals surface area contributed by atoms with Gasteiger partial charge in [-0.25, -0.2) is 4.98 Å². The summed E-state index contributed by atoms with van der Waals surface area (Å²) < 4.78 is 0. The number of nitrogens with zero attached hydrogens (tertiary/aromatic N) is 3. The highest BCUT2D eigenvalue weighted by Crippen LogP contribution is 2.12. The highest BCUT2D eigenvalue weighted by atomic mass is 32.2. The molecule has 0 saturated carbocycles. The maximum Gasteiger partial charge on any atom is 0.0890 e. The van der Waals surface area contributed by atoms with Crippen LogP contribution in [-0.2, 0) is 6.54 Å². The Morgan fingerprint density at radius 3 is 2.74 bits per heavy atom. The Bertz CT molecular complexity index is 530. The van der Waals surface area contributed by atoms with Crippen LogP contribution in [0.15, 0.2) is 30.5 Å². The van der Waals surface area contributed by atoms with Gasteiger partial charge >= 0.3 is 0 Å². The maximum atomic E-state index is 4.67. The first-order valence-electron chi connectivity index (χ1n) is 6.69.